The van der Waals surface area contributed by atoms with E-state index in [0.717, 1.165) is 5.56 Å². The molecule has 104 valence electrons. The van der Waals surface area contributed by atoms with Gasteiger partial charge in [0.25, 0.3) is 0 Å². The standard InChI is InChI=1S/C13H19N3O3/c1-9(14)10-4-3-5-11(8-10)16-13(18)15-7-6-12(17)19-2/h3-5,8-9H,6-7,14H2,1-2H3,(H2,15,16,18). The van der Waals surface area contributed by atoms with Crippen LogP contribution in [0.4, 0.5) is 10.5 Å². The minimum Gasteiger partial charge on any atom is -0.469 e. The number of ether oxygens (including phenoxy) is 1. The van der Waals surface area contributed by atoms with Crippen molar-refractivity contribution >= 4 is 17.7 Å². The number of hydrogen-bond acceptors (Lipinski definition) is 4. The molecule has 2 amide bonds. The fourth-order valence-electron chi connectivity index (χ4n) is 1.46. The highest BCUT2D eigenvalue weighted by Gasteiger charge is 2.05. The summed E-state index contributed by atoms with van der Waals surface area (Å²) >= 11 is 0. The third-order valence-corrected chi connectivity index (χ3v) is 2.51. The van der Waals surface area contributed by atoms with Crippen LogP contribution in [0.15, 0.2) is 24.3 Å². The van der Waals surface area contributed by atoms with Gasteiger partial charge in [0, 0.05) is 18.3 Å². The summed E-state index contributed by atoms with van der Waals surface area (Å²) in [5, 5.41) is 5.23. The van der Waals surface area contributed by atoms with E-state index in [2.05, 4.69) is 15.4 Å². The Morgan fingerprint density at radius 3 is 2.79 bits per heavy atom. The number of nitrogens with two attached hydrogens (primary N) is 1. The third-order valence-electron chi connectivity index (χ3n) is 2.51. The molecule has 0 bridgehead atoms. The van der Waals surface area contributed by atoms with Gasteiger partial charge >= 0.3 is 12.0 Å². The van der Waals surface area contributed by atoms with E-state index in [1.165, 1.54) is 7.11 Å². The van der Waals surface area contributed by atoms with Gasteiger partial charge in [0.05, 0.1) is 13.5 Å². The SMILES string of the molecule is COC(=O)CCNC(=O)Nc1cccc(C(C)N)c1. The van der Waals surface area contributed by atoms with Crippen LogP contribution >= 0.6 is 0 Å². The molecular weight excluding hydrogens is 246 g/mol. The maximum absolute atomic E-state index is 11.6. The number of benzene rings is 1. The van der Waals surface area contributed by atoms with Crippen LogP contribution in [0.3, 0.4) is 0 Å². The Labute approximate surface area is 112 Å². The summed E-state index contributed by atoms with van der Waals surface area (Å²) in [5.41, 5.74) is 7.36. The van der Waals surface area contributed by atoms with Crippen molar-refractivity contribution in [3.8, 4) is 0 Å². The van der Waals surface area contributed by atoms with Crippen LogP contribution in [0, 0.1) is 0 Å². The third kappa shape index (κ3) is 5.39. The first-order valence-electron chi connectivity index (χ1n) is 6.00. The molecule has 0 aliphatic carbocycles. The second-order valence-corrected chi connectivity index (χ2v) is 4.12. The van der Waals surface area contributed by atoms with E-state index in [0.29, 0.717) is 5.69 Å². The van der Waals surface area contributed by atoms with E-state index in [4.69, 9.17) is 5.73 Å². The molecule has 0 fully saturated rings. The molecular formula is C13H19N3O3. The van der Waals surface area contributed by atoms with Crippen molar-refractivity contribution in [2.24, 2.45) is 5.73 Å². The summed E-state index contributed by atoms with van der Waals surface area (Å²) < 4.78 is 4.47. The van der Waals surface area contributed by atoms with Crippen LogP contribution in [-0.2, 0) is 9.53 Å². The van der Waals surface area contributed by atoms with Gasteiger partial charge in [0.2, 0.25) is 0 Å². The first-order valence-corrected chi connectivity index (χ1v) is 6.00. The van der Waals surface area contributed by atoms with Crippen molar-refractivity contribution in [3.63, 3.8) is 0 Å². The number of methoxy groups -OCH3 is 1. The van der Waals surface area contributed by atoms with E-state index in [1.54, 1.807) is 6.07 Å². The number of hydrogen-bond donors (Lipinski definition) is 3. The minimum atomic E-state index is -0.370. The van der Waals surface area contributed by atoms with Crippen molar-refractivity contribution < 1.29 is 14.3 Å². The van der Waals surface area contributed by atoms with Crippen LogP contribution in [-0.4, -0.2) is 25.7 Å². The number of anilines is 1. The van der Waals surface area contributed by atoms with Crippen LogP contribution in [0.2, 0.25) is 0 Å². The Balaban J connectivity index is 2.44. The van der Waals surface area contributed by atoms with E-state index in [1.807, 2.05) is 25.1 Å². The zero-order valence-corrected chi connectivity index (χ0v) is 11.1. The largest absolute Gasteiger partial charge is 0.469 e. The summed E-state index contributed by atoms with van der Waals surface area (Å²) in [5.74, 6) is -0.362. The Hall–Kier alpha value is -2.08. The summed E-state index contributed by atoms with van der Waals surface area (Å²) in [4.78, 5) is 22.4. The van der Waals surface area contributed by atoms with Gasteiger partial charge in [-0.15, -0.1) is 0 Å². The average molecular weight is 265 g/mol. The fraction of sp³-hybridized carbons (Fsp3) is 0.385. The van der Waals surface area contributed by atoms with Gasteiger partial charge in [0.1, 0.15) is 0 Å². The molecule has 0 radical (unpaired) electrons. The first kappa shape index (κ1) is 15.0. The summed E-state index contributed by atoms with van der Waals surface area (Å²) in [6.45, 7) is 2.10. The first-order chi connectivity index (χ1) is 9.02. The number of esters is 1. The molecule has 4 N–H and O–H groups in total. The molecule has 1 rings (SSSR count). The number of carbonyl (C=O) groups excluding carboxylic acids is 2. The molecule has 0 heterocycles. The highest BCUT2D eigenvalue weighted by atomic mass is 16.5. The van der Waals surface area contributed by atoms with Gasteiger partial charge in [-0.3, -0.25) is 4.79 Å². The molecule has 19 heavy (non-hydrogen) atoms. The van der Waals surface area contributed by atoms with Crippen molar-refractivity contribution in [1.29, 1.82) is 0 Å². The van der Waals surface area contributed by atoms with E-state index < -0.39 is 0 Å². The average Bonchev–Trinajstić information content (AvgIpc) is 2.38. The van der Waals surface area contributed by atoms with Crippen molar-refractivity contribution in [2.45, 2.75) is 19.4 Å². The minimum absolute atomic E-state index is 0.0934. The molecule has 1 aromatic rings. The molecule has 0 saturated carbocycles. The molecule has 1 atom stereocenters. The number of rotatable bonds is 5. The number of nitrogens with one attached hydrogen (secondary N) is 2. The van der Waals surface area contributed by atoms with Gasteiger partial charge in [-0.2, -0.15) is 0 Å². The molecule has 0 aliphatic rings. The summed E-state index contributed by atoms with van der Waals surface area (Å²) in [6, 6.07) is 6.83. The van der Waals surface area contributed by atoms with Gasteiger partial charge < -0.3 is 21.1 Å². The van der Waals surface area contributed by atoms with Crippen molar-refractivity contribution in [1.82, 2.24) is 5.32 Å². The van der Waals surface area contributed by atoms with Crippen molar-refractivity contribution in [2.75, 3.05) is 19.0 Å². The Morgan fingerprint density at radius 2 is 2.16 bits per heavy atom. The maximum Gasteiger partial charge on any atom is 0.319 e. The maximum atomic E-state index is 11.6. The fourth-order valence-corrected chi connectivity index (χ4v) is 1.46. The quantitative estimate of drug-likeness (QED) is 0.701. The molecule has 1 unspecified atom stereocenters. The molecule has 6 heteroatoms. The summed E-state index contributed by atoms with van der Waals surface area (Å²) in [6.07, 6.45) is 0.143. The molecule has 6 nitrogen and oxygen atoms in total. The number of carbonyl (C=O) groups is 2. The highest BCUT2D eigenvalue weighted by molar-refractivity contribution is 5.89. The lowest BCUT2D eigenvalue weighted by molar-refractivity contribution is -0.140. The van der Waals surface area contributed by atoms with Crippen LogP contribution in [0.25, 0.3) is 0 Å². The van der Waals surface area contributed by atoms with Gasteiger partial charge in [-0.25, -0.2) is 4.79 Å². The zero-order chi connectivity index (χ0) is 14.3. The lowest BCUT2D eigenvalue weighted by Crippen LogP contribution is -2.30. The smallest absolute Gasteiger partial charge is 0.319 e. The summed E-state index contributed by atoms with van der Waals surface area (Å²) in [7, 11) is 1.31. The van der Waals surface area contributed by atoms with E-state index in [9.17, 15) is 9.59 Å². The Kier molecular flexibility index (Phi) is 5.81. The zero-order valence-electron chi connectivity index (χ0n) is 11.1. The second-order valence-electron chi connectivity index (χ2n) is 4.12. The van der Waals surface area contributed by atoms with Gasteiger partial charge in [0.15, 0.2) is 0 Å². The molecule has 1 aromatic carbocycles. The monoisotopic (exact) mass is 265 g/mol. The topological polar surface area (TPSA) is 93.4 Å². The van der Waals surface area contributed by atoms with E-state index >= 15 is 0 Å². The lowest BCUT2D eigenvalue weighted by Gasteiger charge is -2.10. The van der Waals surface area contributed by atoms with Crippen LogP contribution in [0.5, 0.6) is 0 Å². The second kappa shape index (κ2) is 7.38. The van der Waals surface area contributed by atoms with Crippen LogP contribution in [0.1, 0.15) is 24.9 Å². The number of amides is 2. The normalized spacial score (nSPS) is 11.5. The van der Waals surface area contributed by atoms with Crippen LogP contribution < -0.4 is 16.4 Å². The lowest BCUT2D eigenvalue weighted by atomic mass is 10.1. The predicted octanol–water partition coefficient (Wildman–Crippen LogP) is 1.39. The molecule has 0 spiro atoms. The Bertz CT molecular complexity index is 447. The number of urea groups is 1. The van der Waals surface area contributed by atoms with Gasteiger partial charge in [-0.05, 0) is 24.6 Å². The molecule has 0 aliphatic heterocycles. The van der Waals surface area contributed by atoms with E-state index in [-0.39, 0.29) is 31.0 Å². The molecule has 0 aromatic heterocycles. The highest BCUT2D eigenvalue weighted by Crippen LogP contribution is 2.15. The van der Waals surface area contributed by atoms with Gasteiger partial charge in [-0.1, -0.05) is 12.1 Å². The van der Waals surface area contributed by atoms with Crippen molar-refractivity contribution in [3.05, 3.63) is 29.8 Å². The molecule has 0 saturated heterocycles. The predicted molar refractivity (Wildman–Crippen MR) is 72.7 cm³/mol. The Morgan fingerprint density at radius 1 is 1.42 bits per heavy atom.